The second kappa shape index (κ2) is 8.39. The number of anilines is 1. The Balaban J connectivity index is 1.96. The quantitative estimate of drug-likeness (QED) is 0.784. The molecule has 0 aliphatic heterocycles. The summed E-state index contributed by atoms with van der Waals surface area (Å²) in [5, 5.41) is 2.81. The van der Waals surface area contributed by atoms with Crippen molar-refractivity contribution in [3.8, 4) is 5.75 Å². The van der Waals surface area contributed by atoms with Gasteiger partial charge in [-0.15, -0.1) is 0 Å². The van der Waals surface area contributed by atoms with Crippen LogP contribution in [0.1, 0.15) is 25.5 Å². The zero-order chi connectivity index (χ0) is 20.2. The molecule has 0 spiro atoms. The molecular weight excluding hydrogens is 371 g/mol. The standard InChI is InChI=1S/C19H23FN2O4S/c1-13(15-5-7-16(20)8-6-15)21-19(23)14(2)26-18-11-9-17(10-12-18)22(3)27(4,24)25/h5-14H,1-4H3,(H,21,23)/t13-,14-/m1/s1. The molecule has 0 radical (unpaired) electrons. The minimum absolute atomic E-state index is 0.296. The van der Waals surface area contributed by atoms with E-state index in [1.807, 2.05) is 0 Å². The number of hydrogen-bond donors (Lipinski definition) is 1. The largest absolute Gasteiger partial charge is 0.481 e. The lowest BCUT2D eigenvalue weighted by molar-refractivity contribution is -0.127. The smallest absolute Gasteiger partial charge is 0.261 e. The summed E-state index contributed by atoms with van der Waals surface area (Å²) >= 11 is 0. The molecule has 0 unspecified atom stereocenters. The van der Waals surface area contributed by atoms with E-state index < -0.39 is 16.1 Å². The molecule has 2 rings (SSSR count). The highest BCUT2D eigenvalue weighted by Crippen LogP contribution is 2.21. The van der Waals surface area contributed by atoms with Crippen LogP contribution in [0.15, 0.2) is 48.5 Å². The number of ether oxygens (including phenoxy) is 1. The molecule has 27 heavy (non-hydrogen) atoms. The lowest BCUT2D eigenvalue weighted by Gasteiger charge is -2.20. The molecule has 0 saturated carbocycles. The molecule has 0 aliphatic rings. The number of hydrogen-bond acceptors (Lipinski definition) is 4. The number of benzene rings is 2. The zero-order valence-corrected chi connectivity index (χ0v) is 16.5. The Hall–Kier alpha value is -2.61. The number of nitrogens with one attached hydrogen (secondary N) is 1. The first-order valence-corrected chi connectivity index (χ1v) is 10.2. The number of carbonyl (C=O) groups excluding carboxylic acids is 1. The molecule has 2 aromatic rings. The van der Waals surface area contributed by atoms with E-state index in [4.69, 9.17) is 4.74 Å². The highest BCUT2D eigenvalue weighted by molar-refractivity contribution is 7.92. The summed E-state index contributed by atoms with van der Waals surface area (Å²) < 4.78 is 42.8. The van der Waals surface area contributed by atoms with Gasteiger partial charge in [-0.25, -0.2) is 12.8 Å². The van der Waals surface area contributed by atoms with E-state index in [-0.39, 0.29) is 17.8 Å². The number of rotatable bonds is 7. The summed E-state index contributed by atoms with van der Waals surface area (Å²) in [5.41, 5.74) is 1.28. The van der Waals surface area contributed by atoms with Gasteiger partial charge in [0.2, 0.25) is 10.0 Å². The number of amides is 1. The Morgan fingerprint density at radius 1 is 1.07 bits per heavy atom. The van der Waals surface area contributed by atoms with Gasteiger partial charge in [0.1, 0.15) is 11.6 Å². The van der Waals surface area contributed by atoms with Gasteiger partial charge in [0.05, 0.1) is 18.0 Å². The third-order valence-corrected chi connectivity index (χ3v) is 5.31. The third kappa shape index (κ3) is 5.68. The molecule has 2 atom stereocenters. The van der Waals surface area contributed by atoms with Gasteiger partial charge in [0, 0.05) is 7.05 Å². The van der Waals surface area contributed by atoms with Crippen LogP contribution < -0.4 is 14.4 Å². The van der Waals surface area contributed by atoms with E-state index in [2.05, 4.69) is 5.32 Å². The fraction of sp³-hybridized carbons (Fsp3) is 0.316. The maximum absolute atomic E-state index is 13.0. The summed E-state index contributed by atoms with van der Waals surface area (Å²) in [6.07, 6.45) is 0.359. The van der Waals surface area contributed by atoms with E-state index in [0.29, 0.717) is 11.4 Å². The van der Waals surface area contributed by atoms with Gasteiger partial charge in [0.15, 0.2) is 6.10 Å². The monoisotopic (exact) mass is 394 g/mol. The minimum Gasteiger partial charge on any atom is -0.481 e. The maximum Gasteiger partial charge on any atom is 0.261 e. The lowest BCUT2D eigenvalue weighted by Crippen LogP contribution is -2.37. The Bertz CT molecular complexity index is 883. The highest BCUT2D eigenvalue weighted by atomic mass is 32.2. The Labute approximate surface area is 159 Å². The minimum atomic E-state index is -3.34. The van der Waals surface area contributed by atoms with E-state index >= 15 is 0 Å². The first-order valence-electron chi connectivity index (χ1n) is 8.34. The summed E-state index contributed by atoms with van der Waals surface area (Å²) in [6.45, 7) is 3.41. The molecule has 0 aliphatic carbocycles. The Morgan fingerprint density at radius 2 is 1.63 bits per heavy atom. The van der Waals surface area contributed by atoms with Crippen LogP contribution in [0.2, 0.25) is 0 Å². The van der Waals surface area contributed by atoms with Gasteiger partial charge >= 0.3 is 0 Å². The average Bonchev–Trinajstić information content (AvgIpc) is 2.61. The SMILES string of the molecule is C[C@@H](Oc1ccc(N(C)S(C)(=O)=O)cc1)C(=O)N[C@H](C)c1ccc(F)cc1. The van der Waals surface area contributed by atoms with Crippen molar-refractivity contribution in [2.45, 2.75) is 26.0 Å². The molecule has 0 aromatic heterocycles. The second-order valence-electron chi connectivity index (χ2n) is 6.27. The first-order chi connectivity index (χ1) is 12.6. The number of halogens is 1. The van der Waals surface area contributed by atoms with Crippen molar-refractivity contribution in [3.63, 3.8) is 0 Å². The molecule has 0 fully saturated rings. The van der Waals surface area contributed by atoms with Crippen molar-refractivity contribution in [1.82, 2.24) is 5.32 Å². The van der Waals surface area contributed by atoms with Crippen LogP contribution in [-0.4, -0.2) is 33.7 Å². The average molecular weight is 394 g/mol. The van der Waals surface area contributed by atoms with Crippen molar-refractivity contribution in [2.75, 3.05) is 17.6 Å². The first kappa shape index (κ1) is 20.7. The van der Waals surface area contributed by atoms with Crippen molar-refractivity contribution in [1.29, 1.82) is 0 Å². The summed E-state index contributed by atoms with van der Waals surface area (Å²) in [4.78, 5) is 12.3. The molecule has 146 valence electrons. The predicted octanol–water partition coefficient (Wildman–Crippen LogP) is 2.87. The number of nitrogens with zero attached hydrogens (tertiary/aromatic N) is 1. The van der Waals surface area contributed by atoms with Crippen molar-refractivity contribution < 1.29 is 22.3 Å². The molecule has 1 N–H and O–H groups in total. The summed E-state index contributed by atoms with van der Waals surface area (Å²) in [5.74, 6) is -0.208. The van der Waals surface area contributed by atoms with Gasteiger partial charge in [-0.3, -0.25) is 9.10 Å². The lowest BCUT2D eigenvalue weighted by atomic mass is 10.1. The van der Waals surface area contributed by atoms with Crippen LogP contribution in [0, 0.1) is 5.82 Å². The van der Waals surface area contributed by atoms with E-state index in [9.17, 15) is 17.6 Å². The van der Waals surface area contributed by atoms with Crippen LogP contribution >= 0.6 is 0 Å². The molecule has 0 heterocycles. The molecule has 1 amide bonds. The molecular formula is C19H23FN2O4S. The summed E-state index contributed by atoms with van der Waals surface area (Å²) in [7, 11) is -1.89. The van der Waals surface area contributed by atoms with Crippen molar-refractivity contribution in [3.05, 3.63) is 59.9 Å². The normalized spacial score (nSPS) is 13.5. The van der Waals surface area contributed by atoms with E-state index in [0.717, 1.165) is 16.1 Å². The van der Waals surface area contributed by atoms with Gasteiger partial charge in [-0.2, -0.15) is 0 Å². The van der Waals surface area contributed by atoms with Crippen LogP contribution in [0.4, 0.5) is 10.1 Å². The highest BCUT2D eigenvalue weighted by Gasteiger charge is 2.18. The Morgan fingerprint density at radius 3 is 2.15 bits per heavy atom. The molecule has 6 nitrogen and oxygen atoms in total. The van der Waals surface area contributed by atoms with Crippen LogP contribution in [0.25, 0.3) is 0 Å². The van der Waals surface area contributed by atoms with Crippen molar-refractivity contribution in [2.24, 2.45) is 0 Å². The number of sulfonamides is 1. The summed E-state index contributed by atoms with van der Waals surface area (Å²) in [6, 6.07) is 12.0. The second-order valence-corrected chi connectivity index (χ2v) is 8.28. The van der Waals surface area contributed by atoms with Crippen molar-refractivity contribution >= 4 is 21.6 Å². The fourth-order valence-electron chi connectivity index (χ4n) is 2.35. The van der Waals surface area contributed by atoms with Crippen LogP contribution in [0.5, 0.6) is 5.75 Å². The van der Waals surface area contributed by atoms with Gasteiger partial charge in [0.25, 0.3) is 5.91 Å². The predicted molar refractivity (Wildman–Crippen MR) is 103 cm³/mol. The van der Waals surface area contributed by atoms with E-state index in [1.165, 1.54) is 19.2 Å². The zero-order valence-electron chi connectivity index (χ0n) is 15.6. The Kier molecular flexibility index (Phi) is 6.43. The third-order valence-electron chi connectivity index (χ3n) is 4.11. The molecule has 0 saturated heterocycles. The molecule has 8 heteroatoms. The van der Waals surface area contributed by atoms with Gasteiger partial charge < -0.3 is 10.1 Å². The van der Waals surface area contributed by atoms with Crippen LogP contribution in [0.3, 0.4) is 0 Å². The van der Waals surface area contributed by atoms with Gasteiger partial charge in [-0.1, -0.05) is 12.1 Å². The maximum atomic E-state index is 13.0. The van der Waals surface area contributed by atoms with Crippen LogP contribution in [-0.2, 0) is 14.8 Å². The fourth-order valence-corrected chi connectivity index (χ4v) is 2.85. The number of carbonyl (C=O) groups is 1. The molecule has 0 bridgehead atoms. The van der Waals surface area contributed by atoms with Gasteiger partial charge in [-0.05, 0) is 55.8 Å². The molecule has 2 aromatic carbocycles. The topological polar surface area (TPSA) is 75.7 Å². The van der Waals surface area contributed by atoms with E-state index in [1.54, 1.807) is 50.2 Å².